The molecule has 5 heteroatoms. The van der Waals surface area contributed by atoms with Crippen molar-refractivity contribution in [2.75, 3.05) is 24.7 Å². The van der Waals surface area contributed by atoms with Crippen LogP contribution in [0.4, 0.5) is 0 Å². The molecule has 0 aliphatic carbocycles. The second kappa shape index (κ2) is 6.07. The number of hydrogen-bond donors (Lipinski definition) is 2. The molecule has 2 aliphatic rings. The zero-order valence-corrected chi connectivity index (χ0v) is 11.6. The predicted octanol–water partition coefficient (Wildman–Crippen LogP) is 0.638. The van der Waals surface area contributed by atoms with Crippen LogP contribution in [0.1, 0.15) is 26.7 Å². The molecule has 0 spiro atoms. The lowest BCUT2D eigenvalue weighted by Crippen LogP contribution is -2.51. The second-order valence-corrected chi connectivity index (χ2v) is 6.21. The molecule has 0 radical (unpaired) electrons. The first-order valence-corrected chi connectivity index (χ1v) is 7.68. The number of carbonyl (C=O) groups is 1. The Morgan fingerprint density at radius 3 is 2.65 bits per heavy atom. The average molecular weight is 257 g/mol. The van der Waals surface area contributed by atoms with Crippen LogP contribution in [-0.2, 0) is 4.79 Å². The standard InChI is InChI=1S/C12H23N3OS/c1-9(2)15-5-3-10(4-6-15)14-12(16)11-7-17-8-13-11/h9-11,13H,3-8H2,1-2H3,(H,14,16). The quantitative estimate of drug-likeness (QED) is 0.779. The van der Waals surface area contributed by atoms with Gasteiger partial charge in [-0.3, -0.25) is 10.1 Å². The predicted molar refractivity (Wildman–Crippen MR) is 72.1 cm³/mol. The first kappa shape index (κ1) is 13.2. The molecule has 0 aromatic rings. The summed E-state index contributed by atoms with van der Waals surface area (Å²) < 4.78 is 0. The van der Waals surface area contributed by atoms with Gasteiger partial charge in [-0.15, -0.1) is 11.8 Å². The Labute approximate surface area is 108 Å². The van der Waals surface area contributed by atoms with Gasteiger partial charge in [-0.2, -0.15) is 0 Å². The van der Waals surface area contributed by atoms with Crippen molar-refractivity contribution in [1.82, 2.24) is 15.5 Å². The zero-order valence-electron chi connectivity index (χ0n) is 10.7. The molecule has 1 amide bonds. The van der Waals surface area contributed by atoms with Crippen LogP contribution in [-0.4, -0.2) is 53.7 Å². The molecule has 2 N–H and O–H groups in total. The molecule has 4 nitrogen and oxygen atoms in total. The largest absolute Gasteiger partial charge is 0.352 e. The Kier molecular flexibility index (Phi) is 4.70. The number of rotatable bonds is 3. The molecule has 2 saturated heterocycles. The summed E-state index contributed by atoms with van der Waals surface area (Å²) in [5, 5.41) is 6.39. The fraction of sp³-hybridized carbons (Fsp3) is 0.917. The van der Waals surface area contributed by atoms with Gasteiger partial charge in [0.15, 0.2) is 0 Å². The number of nitrogens with one attached hydrogen (secondary N) is 2. The van der Waals surface area contributed by atoms with Crippen LogP contribution in [0, 0.1) is 0 Å². The van der Waals surface area contributed by atoms with Gasteiger partial charge in [0, 0.05) is 36.8 Å². The summed E-state index contributed by atoms with van der Waals surface area (Å²) in [6.07, 6.45) is 2.17. The van der Waals surface area contributed by atoms with Crippen molar-refractivity contribution in [2.24, 2.45) is 0 Å². The van der Waals surface area contributed by atoms with Gasteiger partial charge in [-0.25, -0.2) is 0 Å². The van der Waals surface area contributed by atoms with E-state index >= 15 is 0 Å². The van der Waals surface area contributed by atoms with Crippen LogP contribution in [0.25, 0.3) is 0 Å². The summed E-state index contributed by atoms with van der Waals surface area (Å²) in [5.41, 5.74) is 0. The van der Waals surface area contributed by atoms with Gasteiger partial charge in [-0.1, -0.05) is 0 Å². The molecule has 1 unspecified atom stereocenters. The maximum absolute atomic E-state index is 11.9. The molecule has 17 heavy (non-hydrogen) atoms. The highest BCUT2D eigenvalue weighted by Gasteiger charge is 2.27. The number of nitrogens with zero attached hydrogens (tertiary/aromatic N) is 1. The lowest BCUT2D eigenvalue weighted by atomic mass is 10.0. The van der Waals surface area contributed by atoms with Crippen molar-refractivity contribution < 1.29 is 4.79 Å². The summed E-state index contributed by atoms with van der Waals surface area (Å²) in [5.74, 6) is 2.01. The molecule has 2 heterocycles. The first-order valence-electron chi connectivity index (χ1n) is 6.52. The Morgan fingerprint density at radius 1 is 1.41 bits per heavy atom. The van der Waals surface area contributed by atoms with Gasteiger partial charge in [-0.05, 0) is 26.7 Å². The minimum absolute atomic E-state index is 0.0307. The van der Waals surface area contributed by atoms with Crippen LogP contribution in [0.5, 0.6) is 0 Å². The van der Waals surface area contributed by atoms with Crippen molar-refractivity contribution in [3.05, 3.63) is 0 Å². The van der Waals surface area contributed by atoms with Crippen LogP contribution in [0.2, 0.25) is 0 Å². The van der Waals surface area contributed by atoms with Gasteiger partial charge < -0.3 is 10.2 Å². The maximum Gasteiger partial charge on any atom is 0.238 e. The third-order valence-electron chi connectivity index (χ3n) is 3.64. The van der Waals surface area contributed by atoms with E-state index in [1.807, 2.05) is 0 Å². The molecule has 0 bridgehead atoms. The molecule has 2 rings (SSSR count). The summed E-state index contributed by atoms with van der Waals surface area (Å²) in [6, 6.07) is 1.03. The van der Waals surface area contributed by atoms with E-state index in [-0.39, 0.29) is 11.9 Å². The zero-order chi connectivity index (χ0) is 12.3. The summed E-state index contributed by atoms with van der Waals surface area (Å²) >= 11 is 1.80. The van der Waals surface area contributed by atoms with Gasteiger partial charge >= 0.3 is 0 Å². The fourth-order valence-electron chi connectivity index (χ4n) is 2.43. The number of thioether (sulfide) groups is 1. The van der Waals surface area contributed by atoms with Gasteiger partial charge in [0.2, 0.25) is 5.91 Å². The van der Waals surface area contributed by atoms with E-state index in [1.165, 1.54) is 0 Å². The van der Waals surface area contributed by atoms with E-state index in [2.05, 4.69) is 29.4 Å². The lowest BCUT2D eigenvalue weighted by molar-refractivity contribution is -0.123. The van der Waals surface area contributed by atoms with Crippen molar-refractivity contribution in [2.45, 2.75) is 44.8 Å². The van der Waals surface area contributed by atoms with E-state index in [4.69, 9.17) is 0 Å². The molecule has 1 atom stereocenters. The number of piperidine rings is 1. The van der Waals surface area contributed by atoms with Crippen LogP contribution in [0.15, 0.2) is 0 Å². The smallest absolute Gasteiger partial charge is 0.238 e. The van der Waals surface area contributed by atoms with Crippen LogP contribution in [0.3, 0.4) is 0 Å². The van der Waals surface area contributed by atoms with Crippen molar-refractivity contribution in [1.29, 1.82) is 0 Å². The van der Waals surface area contributed by atoms with Crippen LogP contribution < -0.4 is 10.6 Å². The van der Waals surface area contributed by atoms with Crippen molar-refractivity contribution in [3.8, 4) is 0 Å². The Morgan fingerprint density at radius 2 is 2.12 bits per heavy atom. The molecule has 2 aliphatic heterocycles. The molecule has 0 aromatic carbocycles. The second-order valence-electron chi connectivity index (χ2n) is 5.18. The summed E-state index contributed by atoms with van der Waals surface area (Å²) in [7, 11) is 0. The molecular weight excluding hydrogens is 234 g/mol. The Bertz CT molecular complexity index is 258. The van der Waals surface area contributed by atoms with E-state index in [0.29, 0.717) is 12.1 Å². The number of carbonyl (C=O) groups excluding carboxylic acids is 1. The van der Waals surface area contributed by atoms with Gasteiger partial charge in [0.05, 0.1) is 6.04 Å². The highest BCUT2D eigenvalue weighted by atomic mass is 32.2. The number of hydrogen-bond acceptors (Lipinski definition) is 4. The molecule has 0 aromatic heterocycles. The summed E-state index contributed by atoms with van der Waals surface area (Å²) in [4.78, 5) is 14.4. The summed E-state index contributed by atoms with van der Waals surface area (Å²) in [6.45, 7) is 6.68. The Balaban J connectivity index is 1.72. The monoisotopic (exact) mass is 257 g/mol. The number of amides is 1. The number of likely N-dealkylation sites (tertiary alicyclic amines) is 1. The third-order valence-corrected chi connectivity index (χ3v) is 4.58. The van der Waals surface area contributed by atoms with E-state index in [9.17, 15) is 4.79 Å². The first-order chi connectivity index (χ1) is 8.16. The molecule has 0 saturated carbocycles. The minimum Gasteiger partial charge on any atom is -0.352 e. The highest BCUT2D eigenvalue weighted by molar-refractivity contribution is 7.99. The van der Waals surface area contributed by atoms with Crippen molar-refractivity contribution in [3.63, 3.8) is 0 Å². The highest BCUT2D eigenvalue weighted by Crippen LogP contribution is 2.14. The maximum atomic E-state index is 11.9. The van der Waals surface area contributed by atoms with Crippen molar-refractivity contribution >= 4 is 17.7 Å². The topological polar surface area (TPSA) is 44.4 Å². The Hall–Kier alpha value is -0.260. The van der Waals surface area contributed by atoms with Gasteiger partial charge in [0.25, 0.3) is 0 Å². The minimum atomic E-state index is 0.0307. The molecule has 2 fully saturated rings. The average Bonchev–Trinajstić information content (AvgIpc) is 2.83. The van der Waals surface area contributed by atoms with Gasteiger partial charge in [0.1, 0.15) is 0 Å². The van der Waals surface area contributed by atoms with E-state index < -0.39 is 0 Å². The van der Waals surface area contributed by atoms with E-state index in [0.717, 1.165) is 37.6 Å². The SMILES string of the molecule is CC(C)N1CCC(NC(=O)C2CSCN2)CC1. The normalized spacial score (nSPS) is 27.6. The third kappa shape index (κ3) is 3.60. The fourth-order valence-corrected chi connectivity index (χ4v) is 3.37. The van der Waals surface area contributed by atoms with Crippen LogP contribution >= 0.6 is 11.8 Å². The lowest BCUT2D eigenvalue weighted by Gasteiger charge is -2.35. The molecular formula is C12H23N3OS. The van der Waals surface area contributed by atoms with E-state index in [1.54, 1.807) is 11.8 Å². The molecule has 98 valence electrons.